The third kappa shape index (κ3) is 6.55. The van der Waals surface area contributed by atoms with Gasteiger partial charge in [0.05, 0.1) is 18.0 Å². The van der Waals surface area contributed by atoms with E-state index < -0.39 is 0 Å². The van der Waals surface area contributed by atoms with Gasteiger partial charge in [0.15, 0.2) is 0 Å². The third-order valence-corrected chi connectivity index (χ3v) is 4.82. The highest BCUT2D eigenvalue weighted by Gasteiger charge is 2.13. The molecular formula is C26H31N5O2. The molecule has 172 valence electrons. The number of fused-ring (bicyclic) bond motifs is 1. The summed E-state index contributed by atoms with van der Waals surface area (Å²) in [7, 11) is 5.16. The minimum atomic E-state index is -0.0473. The lowest BCUT2D eigenvalue weighted by Crippen LogP contribution is -2.21. The summed E-state index contributed by atoms with van der Waals surface area (Å²) in [5.41, 5.74) is 6.20. The Labute approximate surface area is 195 Å². The van der Waals surface area contributed by atoms with Gasteiger partial charge >= 0.3 is 0 Å². The number of ether oxygens (including phenoxy) is 1. The number of hydrogen-bond donors (Lipinski definition) is 2. The van der Waals surface area contributed by atoms with Crippen LogP contribution in [0.1, 0.15) is 34.2 Å². The molecule has 0 radical (unpaired) electrons. The SMILES string of the molecule is C#C.C/C=C\C(=N/CNc1cc(C)c2[nH]c(C(=O)N(C)C)cc2c1)c1cc(COC)ccn1. The van der Waals surface area contributed by atoms with Gasteiger partial charge in [-0.2, -0.15) is 0 Å². The van der Waals surface area contributed by atoms with Crippen LogP contribution in [0, 0.1) is 19.8 Å². The number of terminal acetylenes is 1. The molecular weight excluding hydrogens is 414 g/mol. The molecule has 0 unspecified atom stereocenters. The van der Waals surface area contributed by atoms with Crippen molar-refractivity contribution in [3.8, 4) is 12.8 Å². The third-order valence-electron chi connectivity index (χ3n) is 4.82. The van der Waals surface area contributed by atoms with Gasteiger partial charge in [0.25, 0.3) is 5.91 Å². The molecule has 0 aliphatic carbocycles. The van der Waals surface area contributed by atoms with Crippen molar-refractivity contribution in [1.82, 2.24) is 14.9 Å². The normalized spacial score (nSPS) is 11.3. The number of benzene rings is 1. The van der Waals surface area contributed by atoms with Gasteiger partial charge in [0, 0.05) is 44.0 Å². The molecule has 1 aromatic carbocycles. The van der Waals surface area contributed by atoms with Gasteiger partial charge in [-0.3, -0.25) is 14.8 Å². The summed E-state index contributed by atoms with van der Waals surface area (Å²) in [4.78, 5) is 26.2. The van der Waals surface area contributed by atoms with Gasteiger partial charge in [-0.15, -0.1) is 12.8 Å². The van der Waals surface area contributed by atoms with Crippen molar-refractivity contribution in [3.05, 3.63) is 71.2 Å². The molecule has 7 nitrogen and oxygen atoms in total. The van der Waals surface area contributed by atoms with Crippen LogP contribution in [0.15, 0.2) is 53.7 Å². The second-order valence-electron chi connectivity index (χ2n) is 7.50. The zero-order valence-electron chi connectivity index (χ0n) is 19.8. The number of aryl methyl sites for hydroxylation is 1. The van der Waals surface area contributed by atoms with Gasteiger partial charge in [0.1, 0.15) is 12.4 Å². The van der Waals surface area contributed by atoms with E-state index in [0.717, 1.165) is 39.1 Å². The first kappa shape index (κ1) is 25.4. The molecule has 0 bridgehead atoms. The molecule has 1 amide bonds. The predicted octanol–water partition coefficient (Wildman–Crippen LogP) is 4.40. The standard InChI is InChI=1S/C24H29N5O2.C2H2/c1-6-7-20(21-11-17(14-31-5)8-9-25-21)27-15-26-19-10-16(2)23-18(12-19)13-22(28-23)24(30)29(3)4;1-2/h6-13,26,28H,14-15H2,1-5H3;1-2H/b7-6-,27-20+;. The Morgan fingerprint density at radius 3 is 2.70 bits per heavy atom. The Kier molecular flexibility index (Phi) is 9.40. The number of amides is 1. The topological polar surface area (TPSA) is 82.6 Å². The Morgan fingerprint density at radius 1 is 1.27 bits per heavy atom. The number of allylic oxidation sites excluding steroid dienone is 2. The average molecular weight is 446 g/mol. The number of aromatic amines is 1. The summed E-state index contributed by atoms with van der Waals surface area (Å²) in [6.07, 6.45) is 13.7. The fraction of sp³-hybridized carbons (Fsp3) is 0.269. The molecule has 7 heteroatoms. The number of rotatable bonds is 8. The van der Waals surface area contributed by atoms with E-state index in [1.165, 1.54) is 0 Å². The first-order chi connectivity index (χ1) is 15.9. The molecule has 0 saturated carbocycles. The largest absolute Gasteiger partial charge is 0.380 e. The van der Waals surface area contributed by atoms with Crippen LogP contribution in [-0.2, 0) is 11.3 Å². The highest BCUT2D eigenvalue weighted by molar-refractivity contribution is 6.07. The van der Waals surface area contributed by atoms with Crippen LogP contribution in [0.3, 0.4) is 0 Å². The summed E-state index contributed by atoms with van der Waals surface area (Å²) < 4.78 is 5.21. The molecule has 0 aliphatic rings. The van der Waals surface area contributed by atoms with Crippen molar-refractivity contribution in [2.45, 2.75) is 20.5 Å². The molecule has 2 N–H and O–H groups in total. The molecule has 0 aliphatic heterocycles. The van der Waals surface area contributed by atoms with Gasteiger partial charge in [-0.1, -0.05) is 6.08 Å². The lowest BCUT2D eigenvalue weighted by atomic mass is 10.1. The lowest BCUT2D eigenvalue weighted by Gasteiger charge is -2.08. The number of nitrogens with one attached hydrogen (secondary N) is 2. The molecule has 2 heterocycles. The molecule has 0 atom stereocenters. The molecule has 0 fully saturated rings. The van der Waals surface area contributed by atoms with Crippen molar-refractivity contribution in [2.75, 3.05) is 33.2 Å². The van der Waals surface area contributed by atoms with Crippen molar-refractivity contribution >= 4 is 28.2 Å². The minimum absolute atomic E-state index is 0.0473. The van der Waals surface area contributed by atoms with Gasteiger partial charge < -0.3 is 19.9 Å². The molecule has 3 aromatic rings. The van der Waals surface area contributed by atoms with Crippen molar-refractivity contribution in [3.63, 3.8) is 0 Å². The maximum atomic E-state index is 12.3. The second-order valence-corrected chi connectivity index (χ2v) is 7.50. The number of aliphatic imine (C=N–C) groups is 1. The van der Waals surface area contributed by atoms with Crippen LogP contribution in [-0.4, -0.2) is 54.4 Å². The predicted molar refractivity (Wildman–Crippen MR) is 136 cm³/mol. The fourth-order valence-corrected chi connectivity index (χ4v) is 3.35. The smallest absolute Gasteiger partial charge is 0.269 e. The lowest BCUT2D eigenvalue weighted by molar-refractivity contribution is 0.0823. The zero-order chi connectivity index (χ0) is 24.4. The number of hydrogen-bond acceptors (Lipinski definition) is 5. The number of methoxy groups -OCH3 is 1. The van der Waals surface area contributed by atoms with E-state index in [4.69, 9.17) is 9.73 Å². The Balaban J connectivity index is 0.00000187. The van der Waals surface area contributed by atoms with Gasteiger partial charge in [-0.05, 0) is 61.4 Å². The van der Waals surface area contributed by atoms with Crippen LogP contribution in [0.5, 0.6) is 0 Å². The van der Waals surface area contributed by atoms with Crippen LogP contribution in [0.25, 0.3) is 10.9 Å². The summed E-state index contributed by atoms with van der Waals surface area (Å²) in [6, 6.07) is 9.87. The number of anilines is 1. The quantitative estimate of drug-likeness (QED) is 0.398. The average Bonchev–Trinajstić information content (AvgIpc) is 3.24. The number of aromatic nitrogens is 2. The number of carbonyl (C=O) groups excluding carboxylic acids is 1. The summed E-state index contributed by atoms with van der Waals surface area (Å²) in [5, 5.41) is 4.34. The van der Waals surface area contributed by atoms with Gasteiger partial charge in [-0.25, -0.2) is 0 Å². The number of carbonyl (C=O) groups is 1. The van der Waals surface area contributed by atoms with E-state index in [1.807, 2.05) is 56.3 Å². The summed E-state index contributed by atoms with van der Waals surface area (Å²) in [6.45, 7) is 4.91. The van der Waals surface area contributed by atoms with Crippen molar-refractivity contribution in [2.24, 2.45) is 4.99 Å². The van der Waals surface area contributed by atoms with E-state index >= 15 is 0 Å². The first-order valence-corrected chi connectivity index (χ1v) is 10.5. The molecule has 33 heavy (non-hydrogen) atoms. The minimum Gasteiger partial charge on any atom is -0.380 e. The van der Waals surface area contributed by atoms with E-state index in [1.54, 1.807) is 32.3 Å². The second kappa shape index (κ2) is 12.2. The number of H-pyrrole nitrogens is 1. The van der Waals surface area contributed by atoms with E-state index in [2.05, 4.69) is 28.1 Å². The maximum absolute atomic E-state index is 12.3. The molecule has 2 aromatic heterocycles. The summed E-state index contributed by atoms with van der Waals surface area (Å²) >= 11 is 0. The fourth-order valence-electron chi connectivity index (χ4n) is 3.35. The van der Waals surface area contributed by atoms with Crippen molar-refractivity contribution < 1.29 is 9.53 Å². The van der Waals surface area contributed by atoms with E-state index in [0.29, 0.717) is 19.0 Å². The highest BCUT2D eigenvalue weighted by atomic mass is 16.5. The van der Waals surface area contributed by atoms with Gasteiger partial charge in [0.2, 0.25) is 0 Å². The van der Waals surface area contributed by atoms with E-state index in [-0.39, 0.29) is 5.91 Å². The van der Waals surface area contributed by atoms with Crippen LogP contribution in [0.4, 0.5) is 5.69 Å². The van der Waals surface area contributed by atoms with Crippen LogP contribution < -0.4 is 5.32 Å². The highest BCUT2D eigenvalue weighted by Crippen LogP contribution is 2.24. The number of nitrogens with zero attached hydrogens (tertiary/aromatic N) is 3. The zero-order valence-corrected chi connectivity index (χ0v) is 19.8. The Hall–Kier alpha value is -3.89. The van der Waals surface area contributed by atoms with Crippen LogP contribution in [0.2, 0.25) is 0 Å². The monoisotopic (exact) mass is 445 g/mol. The molecule has 3 rings (SSSR count). The Bertz CT molecular complexity index is 1170. The summed E-state index contributed by atoms with van der Waals surface area (Å²) in [5.74, 6) is -0.0473. The maximum Gasteiger partial charge on any atom is 0.269 e. The Morgan fingerprint density at radius 2 is 2.03 bits per heavy atom. The van der Waals surface area contributed by atoms with Crippen LogP contribution >= 0.6 is 0 Å². The number of pyridine rings is 1. The van der Waals surface area contributed by atoms with E-state index in [9.17, 15) is 4.79 Å². The van der Waals surface area contributed by atoms with Crippen molar-refractivity contribution in [1.29, 1.82) is 0 Å². The molecule has 0 spiro atoms. The first-order valence-electron chi connectivity index (χ1n) is 10.5. The molecule has 0 saturated heterocycles.